The number of carbonyl (C=O) groups is 1. The summed E-state index contributed by atoms with van der Waals surface area (Å²) < 4.78 is 6.76. The molecule has 0 saturated heterocycles. The van der Waals surface area contributed by atoms with Crippen molar-refractivity contribution in [2.24, 2.45) is 0 Å². The molecule has 0 bridgehead atoms. The van der Waals surface area contributed by atoms with Crippen LogP contribution in [0.4, 0.5) is 5.13 Å². The lowest BCUT2D eigenvalue weighted by atomic mass is 10.3. The van der Waals surface area contributed by atoms with Crippen LogP contribution < -0.4 is 15.6 Å². The van der Waals surface area contributed by atoms with E-state index >= 15 is 0 Å². The first-order chi connectivity index (χ1) is 14.0. The third kappa shape index (κ3) is 4.31. The number of nitrogens with one attached hydrogen (secondary N) is 1. The Kier molecular flexibility index (Phi) is 5.88. The van der Waals surface area contributed by atoms with Gasteiger partial charge < -0.3 is 4.74 Å². The summed E-state index contributed by atoms with van der Waals surface area (Å²) in [7, 11) is 1.59. The van der Waals surface area contributed by atoms with E-state index in [1.54, 1.807) is 23.8 Å². The van der Waals surface area contributed by atoms with Gasteiger partial charge in [-0.3, -0.25) is 19.5 Å². The van der Waals surface area contributed by atoms with Gasteiger partial charge in [-0.1, -0.05) is 23.1 Å². The predicted molar refractivity (Wildman–Crippen MR) is 115 cm³/mol. The third-order valence-corrected chi connectivity index (χ3v) is 6.90. The number of thioether (sulfide) groups is 2. The van der Waals surface area contributed by atoms with Crippen LogP contribution in [-0.4, -0.2) is 44.3 Å². The van der Waals surface area contributed by atoms with Crippen LogP contribution in [0.5, 0.6) is 5.75 Å². The van der Waals surface area contributed by atoms with Gasteiger partial charge in [0.1, 0.15) is 10.8 Å². The standard InChI is InChI=1S/C18H17N5O3S3/c1-10-21-22-17(29-10)20-14(24)9-28-18-19-13-7-8-27-15(13)16(25)23(18)11-3-5-12(26-2)6-4-11/h3-6H,7-9H2,1-2H3,(H,20,22,24). The fourth-order valence-corrected chi connectivity index (χ4v) is 5.24. The number of benzene rings is 1. The molecule has 1 aliphatic rings. The van der Waals surface area contributed by atoms with Gasteiger partial charge in [-0.25, -0.2) is 4.98 Å². The lowest BCUT2D eigenvalue weighted by Gasteiger charge is -2.14. The predicted octanol–water partition coefficient (Wildman–Crippen LogP) is 2.78. The van der Waals surface area contributed by atoms with Gasteiger partial charge in [-0.15, -0.1) is 22.0 Å². The molecule has 4 rings (SSSR count). The molecule has 0 unspecified atom stereocenters. The van der Waals surface area contributed by atoms with Gasteiger partial charge in [0.2, 0.25) is 11.0 Å². The molecule has 1 aliphatic heterocycles. The maximum absolute atomic E-state index is 13.1. The first-order valence-electron chi connectivity index (χ1n) is 8.71. The average Bonchev–Trinajstić information content (AvgIpc) is 3.35. The Morgan fingerprint density at radius 2 is 2.10 bits per heavy atom. The van der Waals surface area contributed by atoms with Crippen molar-refractivity contribution in [1.82, 2.24) is 19.7 Å². The number of methoxy groups -OCH3 is 1. The lowest BCUT2D eigenvalue weighted by molar-refractivity contribution is -0.113. The van der Waals surface area contributed by atoms with Gasteiger partial charge in [0.25, 0.3) is 5.56 Å². The lowest BCUT2D eigenvalue weighted by Crippen LogP contribution is -2.24. The summed E-state index contributed by atoms with van der Waals surface area (Å²) in [5.41, 5.74) is 1.37. The SMILES string of the molecule is COc1ccc(-n2c(SCC(=O)Nc3nnc(C)s3)nc3c(c2=O)SCC3)cc1. The number of nitrogens with zero attached hydrogens (tertiary/aromatic N) is 4. The average molecular weight is 448 g/mol. The number of hydrogen-bond donors (Lipinski definition) is 1. The highest BCUT2D eigenvalue weighted by Gasteiger charge is 2.23. The monoisotopic (exact) mass is 447 g/mol. The summed E-state index contributed by atoms with van der Waals surface area (Å²) in [5.74, 6) is 1.42. The van der Waals surface area contributed by atoms with Crippen molar-refractivity contribution in [1.29, 1.82) is 0 Å². The van der Waals surface area contributed by atoms with E-state index in [4.69, 9.17) is 4.74 Å². The zero-order chi connectivity index (χ0) is 20.4. The summed E-state index contributed by atoms with van der Waals surface area (Å²) in [5, 5.41) is 12.2. The van der Waals surface area contributed by atoms with Gasteiger partial charge >= 0.3 is 0 Å². The number of hydrogen-bond acceptors (Lipinski definition) is 9. The number of aromatic nitrogens is 4. The fourth-order valence-electron chi connectivity index (χ4n) is 2.78. The summed E-state index contributed by atoms with van der Waals surface area (Å²) >= 11 is 4.06. The van der Waals surface area contributed by atoms with E-state index in [1.165, 1.54) is 34.9 Å². The Morgan fingerprint density at radius 3 is 2.79 bits per heavy atom. The molecule has 3 heterocycles. The van der Waals surface area contributed by atoms with Crippen molar-refractivity contribution in [2.45, 2.75) is 23.4 Å². The number of anilines is 1. The van der Waals surface area contributed by atoms with Crippen LogP contribution in [0, 0.1) is 6.92 Å². The first-order valence-corrected chi connectivity index (χ1v) is 11.5. The highest BCUT2D eigenvalue weighted by molar-refractivity contribution is 8.00. The molecule has 0 fully saturated rings. The summed E-state index contributed by atoms with van der Waals surface area (Å²) in [6.07, 6.45) is 0.752. The normalized spacial score (nSPS) is 12.6. The molecule has 8 nitrogen and oxygen atoms in total. The van der Waals surface area contributed by atoms with Crippen LogP contribution in [0.25, 0.3) is 5.69 Å². The van der Waals surface area contributed by atoms with E-state index in [9.17, 15) is 9.59 Å². The second-order valence-electron chi connectivity index (χ2n) is 6.07. The molecule has 150 valence electrons. The molecule has 2 aromatic heterocycles. The van der Waals surface area contributed by atoms with Gasteiger partial charge in [-0.05, 0) is 31.2 Å². The maximum atomic E-state index is 13.1. The molecule has 1 aromatic carbocycles. The Hall–Kier alpha value is -2.37. The summed E-state index contributed by atoms with van der Waals surface area (Å²) in [4.78, 5) is 30.8. The molecular formula is C18H17N5O3S3. The zero-order valence-corrected chi connectivity index (χ0v) is 18.1. The minimum absolute atomic E-state index is 0.104. The third-order valence-electron chi connectivity index (χ3n) is 4.10. The Labute approximate surface area is 179 Å². The van der Waals surface area contributed by atoms with Gasteiger partial charge in [0.05, 0.1) is 29.1 Å². The molecule has 0 radical (unpaired) electrons. The van der Waals surface area contributed by atoms with E-state index in [-0.39, 0.29) is 17.2 Å². The molecule has 1 N–H and O–H groups in total. The summed E-state index contributed by atoms with van der Waals surface area (Å²) in [6.45, 7) is 1.82. The first kappa shape index (κ1) is 19.9. The van der Waals surface area contributed by atoms with Crippen LogP contribution in [-0.2, 0) is 11.2 Å². The van der Waals surface area contributed by atoms with E-state index in [0.29, 0.717) is 26.6 Å². The Morgan fingerprint density at radius 1 is 1.31 bits per heavy atom. The second kappa shape index (κ2) is 8.56. The number of fused-ring (bicyclic) bond motifs is 1. The van der Waals surface area contributed by atoms with E-state index in [2.05, 4.69) is 20.5 Å². The zero-order valence-electron chi connectivity index (χ0n) is 15.7. The smallest absolute Gasteiger partial charge is 0.272 e. The molecule has 11 heteroatoms. The highest BCUT2D eigenvalue weighted by atomic mass is 32.2. The van der Waals surface area contributed by atoms with Gasteiger partial charge in [0.15, 0.2) is 5.16 Å². The number of rotatable bonds is 6. The molecule has 29 heavy (non-hydrogen) atoms. The minimum atomic E-state index is -0.225. The van der Waals surface area contributed by atoms with Gasteiger partial charge in [0, 0.05) is 12.2 Å². The summed E-state index contributed by atoms with van der Waals surface area (Å²) in [6, 6.07) is 7.20. The van der Waals surface area contributed by atoms with Crippen molar-refractivity contribution in [2.75, 3.05) is 23.9 Å². The number of amides is 1. The largest absolute Gasteiger partial charge is 0.497 e. The van der Waals surface area contributed by atoms with Crippen LogP contribution in [0.3, 0.4) is 0 Å². The quantitative estimate of drug-likeness (QED) is 0.455. The number of ether oxygens (including phenoxy) is 1. The topological polar surface area (TPSA) is 99.0 Å². The molecule has 0 spiro atoms. The Balaban J connectivity index is 1.62. The van der Waals surface area contributed by atoms with Crippen LogP contribution >= 0.6 is 34.9 Å². The van der Waals surface area contributed by atoms with Crippen LogP contribution in [0.1, 0.15) is 10.7 Å². The van der Waals surface area contributed by atoms with Crippen molar-refractivity contribution in [3.63, 3.8) is 0 Å². The van der Waals surface area contributed by atoms with Crippen molar-refractivity contribution >= 4 is 45.9 Å². The molecular weight excluding hydrogens is 430 g/mol. The second-order valence-corrected chi connectivity index (χ2v) is 9.30. The van der Waals surface area contributed by atoms with E-state index in [0.717, 1.165) is 22.9 Å². The fraction of sp³-hybridized carbons (Fsp3) is 0.278. The molecule has 0 atom stereocenters. The number of carbonyl (C=O) groups excluding carboxylic acids is 1. The maximum Gasteiger partial charge on any atom is 0.272 e. The van der Waals surface area contributed by atoms with Crippen LogP contribution in [0.2, 0.25) is 0 Å². The van der Waals surface area contributed by atoms with Crippen molar-refractivity contribution in [3.05, 3.63) is 45.3 Å². The van der Waals surface area contributed by atoms with Gasteiger partial charge in [-0.2, -0.15) is 0 Å². The minimum Gasteiger partial charge on any atom is -0.497 e. The molecule has 0 saturated carbocycles. The van der Waals surface area contributed by atoms with E-state index < -0.39 is 0 Å². The molecule has 0 aliphatic carbocycles. The molecule has 3 aromatic rings. The molecule has 1 amide bonds. The van der Waals surface area contributed by atoms with Crippen molar-refractivity contribution in [3.8, 4) is 11.4 Å². The highest BCUT2D eigenvalue weighted by Crippen LogP contribution is 2.30. The van der Waals surface area contributed by atoms with Crippen molar-refractivity contribution < 1.29 is 9.53 Å². The number of aryl methyl sites for hydroxylation is 2. The van der Waals surface area contributed by atoms with Crippen LogP contribution in [0.15, 0.2) is 39.1 Å². The van der Waals surface area contributed by atoms with E-state index in [1.807, 2.05) is 19.1 Å². The Bertz CT molecular complexity index is 1110.